The average Bonchev–Trinajstić information content (AvgIpc) is 2.00. The summed E-state index contributed by atoms with van der Waals surface area (Å²) in [5.74, 6) is -6.20. The maximum atomic E-state index is 12.2. The lowest BCUT2D eigenvalue weighted by molar-refractivity contribution is -0.218. The molecule has 0 fully saturated rings. The largest absolute Gasteiger partial charge is 0.432 e. The first kappa shape index (κ1) is 14.7. The number of hydrogen-bond donors (Lipinski definition) is 0. The van der Waals surface area contributed by atoms with E-state index in [0.29, 0.717) is 0 Å². The Bertz CT molecular complexity index is 219. The Balaban J connectivity index is 5.14. The fourth-order valence-corrected chi connectivity index (χ4v) is 0.517. The maximum Gasteiger partial charge on any atom is 0.432 e. The van der Waals surface area contributed by atoms with Crippen molar-refractivity contribution in [3.8, 4) is 0 Å². The van der Waals surface area contributed by atoms with Crippen molar-refractivity contribution in [1.29, 1.82) is 0 Å². The average molecular weight is 266 g/mol. The van der Waals surface area contributed by atoms with E-state index in [4.69, 9.17) is 0 Å². The van der Waals surface area contributed by atoms with Crippen molar-refractivity contribution < 1.29 is 39.5 Å². The molecule has 0 spiro atoms. The third kappa shape index (κ3) is 2.61. The summed E-state index contributed by atoms with van der Waals surface area (Å²) >= 11 is 3.80. The van der Waals surface area contributed by atoms with Crippen LogP contribution >= 0.6 is 11.6 Å². The van der Waals surface area contributed by atoms with Crippen LogP contribution in [0.5, 0.6) is 0 Å². The smallest absolute Gasteiger partial charge is 0.222 e. The van der Waals surface area contributed by atoms with Gasteiger partial charge in [-0.15, -0.1) is 0 Å². The molecule has 0 saturated heterocycles. The molecule has 15 heavy (non-hydrogen) atoms. The maximum absolute atomic E-state index is 12.2. The Hall–Kier alpha value is -0.340. The molecular weight excluding hydrogens is 266 g/mol. The lowest BCUT2D eigenvalue weighted by Gasteiger charge is -2.28. The number of rotatable bonds is 3. The topological polar surface area (TPSA) is 0 Å². The van der Waals surface area contributed by atoms with Gasteiger partial charge < -0.3 is 0 Å². The minimum atomic E-state index is -6.29. The summed E-state index contributed by atoms with van der Waals surface area (Å²) in [5, 5.41) is -5.54. The molecule has 1 atom stereocenters. The minimum absolute atomic E-state index is 3.80. The summed E-state index contributed by atoms with van der Waals surface area (Å²) in [6.07, 6.45) is -14.4. The van der Waals surface area contributed by atoms with Crippen LogP contribution in [0.2, 0.25) is 0 Å². The SMILES string of the molecule is F[C](C(F)(F)F)C(F)(F)C(F)(Cl)[C](F)F. The monoisotopic (exact) mass is 266 g/mol. The molecule has 0 aliphatic heterocycles. The molecule has 0 saturated carbocycles. The van der Waals surface area contributed by atoms with Gasteiger partial charge in [-0.1, -0.05) is 11.6 Å². The molecule has 0 nitrogen and oxygen atoms in total. The highest BCUT2D eigenvalue weighted by atomic mass is 35.5. The Morgan fingerprint density at radius 3 is 1.33 bits per heavy atom. The molecule has 0 rings (SSSR count). The molecule has 0 aromatic carbocycles. The first-order valence-electron chi connectivity index (χ1n) is 2.89. The van der Waals surface area contributed by atoms with E-state index in [1.54, 1.807) is 0 Å². The Kier molecular flexibility index (Phi) is 3.82. The van der Waals surface area contributed by atoms with Gasteiger partial charge in [0, 0.05) is 0 Å². The summed E-state index contributed by atoms with van der Waals surface area (Å²) in [5.41, 5.74) is 0. The zero-order chi connectivity index (χ0) is 12.7. The summed E-state index contributed by atoms with van der Waals surface area (Å²) < 4.78 is 106. The Morgan fingerprint density at radius 2 is 1.13 bits per heavy atom. The van der Waals surface area contributed by atoms with Crippen LogP contribution in [0.1, 0.15) is 0 Å². The predicted octanol–water partition coefficient (Wildman–Crippen LogP) is 4.02. The van der Waals surface area contributed by atoms with Gasteiger partial charge in [0.05, 0.1) is 0 Å². The van der Waals surface area contributed by atoms with Gasteiger partial charge in [-0.05, 0) is 0 Å². The van der Waals surface area contributed by atoms with Crippen molar-refractivity contribution in [3.05, 3.63) is 12.6 Å². The molecule has 0 aliphatic rings. The van der Waals surface area contributed by atoms with E-state index in [-0.39, 0.29) is 0 Å². The van der Waals surface area contributed by atoms with Crippen LogP contribution < -0.4 is 0 Å². The van der Waals surface area contributed by atoms with Gasteiger partial charge in [-0.25, -0.2) is 8.78 Å². The van der Waals surface area contributed by atoms with Gasteiger partial charge in [0.2, 0.25) is 0 Å². The molecular formula is C5ClF9. The molecule has 0 aromatic heterocycles. The van der Waals surface area contributed by atoms with Gasteiger partial charge >= 0.3 is 29.8 Å². The van der Waals surface area contributed by atoms with E-state index in [1.807, 2.05) is 0 Å². The highest BCUT2D eigenvalue weighted by Crippen LogP contribution is 2.54. The predicted molar refractivity (Wildman–Crippen MR) is 30.5 cm³/mol. The summed E-state index contributed by atoms with van der Waals surface area (Å²) in [6, 6.07) is 0. The minimum Gasteiger partial charge on any atom is -0.222 e. The first-order chi connectivity index (χ1) is 6.35. The highest BCUT2D eigenvalue weighted by molar-refractivity contribution is 6.24. The zero-order valence-electron chi connectivity index (χ0n) is 6.28. The number of alkyl halides is 7. The van der Waals surface area contributed by atoms with E-state index < -0.39 is 29.8 Å². The third-order valence-electron chi connectivity index (χ3n) is 1.16. The van der Waals surface area contributed by atoms with Gasteiger partial charge in [-0.3, -0.25) is 0 Å². The highest BCUT2D eigenvalue weighted by Gasteiger charge is 2.73. The number of hydrogen-bond acceptors (Lipinski definition) is 0. The van der Waals surface area contributed by atoms with Crippen LogP contribution in [0.3, 0.4) is 0 Å². The second-order valence-corrected chi connectivity index (χ2v) is 2.74. The van der Waals surface area contributed by atoms with Gasteiger partial charge in [-0.2, -0.15) is 30.7 Å². The third-order valence-corrected chi connectivity index (χ3v) is 1.54. The number of halogens is 10. The van der Waals surface area contributed by atoms with Crippen LogP contribution in [0.15, 0.2) is 0 Å². The van der Waals surface area contributed by atoms with Crippen molar-refractivity contribution >= 4 is 11.6 Å². The van der Waals surface area contributed by atoms with Gasteiger partial charge in [0.15, 0.2) is 0 Å². The molecule has 0 N–H and O–H groups in total. The van der Waals surface area contributed by atoms with Crippen molar-refractivity contribution in [2.24, 2.45) is 0 Å². The fraction of sp³-hybridized carbons (Fsp3) is 0.600. The summed E-state index contributed by atoms with van der Waals surface area (Å²) in [7, 11) is 0. The van der Waals surface area contributed by atoms with Crippen LogP contribution in [0.25, 0.3) is 0 Å². The molecule has 90 valence electrons. The standard InChI is InChI=1S/C5ClF9/c6-3(10,2(8)9)4(11,12)1(7)5(13,14)15. The van der Waals surface area contributed by atoms with Crippen LogP contribution in [-0.4, -0.2) is 17.2 Å². The molecule has 0 bridgehead atoms. The molecule has 2 radical (unpaired) electrons. The van der Waals surface area contributed by atoms with E-state index in [9.17, 15) is 39.5 Å². The summed E-state index contributed by atoms with van der Waals surface area (Å²) in [4.78, 5) is 0. The van der Waals surface area contributed by atoms with Crippen molar-refractivity contribution in [1.82, 2.24) is 0 Å². The van der Waals surface area contributed by atoms with Gasteiger partial charge in [0.1, 0.15) is 0 Å². The molecule has 1 unspecified atom stereocenters. The second kappa shape index (κ2) is 3.91. The zero-order valence-corrected chi connectivity index (χ0v) is 7.04. The molecule has 0 amide bonds. The van der Waals surface area contributed by atoms with Gasteiger partial charge in [0.25, 0.3) is 0 Å². The Labute approximate surface area is 82.0 Å². The molecule has 10 heteroatoms. The fourth-order valence-electron chi connectivity index (χ4n) is 0.435. The summed E-state index contributed by atoms with van der Waals surface area (Å²) in [6.45, 7) is 0. The molecule has 0 heterocycles. The van der Waals surface area contributed by atoms with Crippen LogP contribution in [0, 0.1) is 12.6 Å². The normalized spacial score (nSPS) is 18.4. The van der Waals surface area contributed by atoms with E-state index in [2.05, 4.69) is 11.6 Å². The Morgan fingerprint density at radius 1 is 0.800 bits per heavy atom. The quantitative estimate of drug-likeness (QED) is 0.535. The van der Waals surface area contributed by atoms with Crippen molar-refractivity contribution in [3.63, 3.8) is 0 Å². The van der Waals surface area contributed by atoms with E-state index >= 15 is 0 Å². The molecule has 0 aliphatic carbocycles. The van der Waals surface area contributed by atoms with Crippen LogP contribution in [-0.2, 0) is 0 Å². The van der Waals surface area contributed by atoms with Crippen molar-refractivity contribution in [2.75, 3.05) is 0 Å². The van der Waals surface area contributed by atoms with E-state index in [1.165, 1.54) is 0 Å². The van der Waals surface area contributed by atoms with E-state index in [0.717, 1.165) is 0 Å². The lowest BCUT2D eigenvalue weighted by atomic mass is 10.1. The lowest BCUT2D eigenvalue weighted by Crippen LogP contribution is -2.49. The molecule has 0 aromatic rings. The van der Waals surface area contributed by atoms with Crippen molar-refractivity contribution in [2.45, 2.75) is 17.2 Å². The first-order valence-corrected chi connectivity index (χ1v) is 3.27. The van der Waals surface area contributed by atoms with Crippen LogP contribution in [0.4, 0.5) is 39.5 Å². The second-order valence-electron chi connectivity index (χ2n) is 2.22.